The Labute approximate surface area is 146 Å². The normalized spacial score (nSPS) is 26.0. The van der Waals surface area contributed by atoms with E-state index in [2.05, 4.69) is 0 Å². The van der Waals surface area contributed by atoms with Crippen molar-refractivity contribution in [3.63, 3.8) is 0 Å². The molecule has 2 fully saturated rings. The molecule has 2 aliphatic rings. The molecule has 0 saturated carbocycles. The molecule has 8 heteroatoms. The predicted octanol–water partition coefficient (Wildman–Crippen LogP) is 1.13. The summed E-state index contributed by atoms with van der Waals surface area (Å²) in [6.45, 7) is 3.44. The second kappa shape index (κ2) is 6.84. The van der Waals surface area contributed by atoms with Gasteiger partial charge in [-0.25, -0.2) is 8.42 Å². The molecule has 1 aromatic heterocycles. The second-order valence-corrected chi connectivity index (χ2v) is 9.70. The first-order chi connectivity index (χ1) is 11.4. The zero-order chi connectivity index (χ0) is 17.3. The lowest BCUT2D eigenvalue weighted by molar-refractivity contribution is -0.136. The van der Waals surface area contributed by atoms with Gasteiger partial charge in [0.25, 0.3) is 0 Å². The van der Waals surface area contributed by atoms with Crippen molar-refractivity contribution in [3.05, 3.63) is 22.4 Å². The molecule has 132 valence electrons. The fraction of sp³-hybridized carbons (Fsp3) is 0.625. The van der Waals surface area contributed by atoms with E-state index in [0.717, 1.165) is 4.88 Å². The summed E-state index contributed by atoms with van der Waals surface area (Å²) in [6.07, 6.45) is 0.679. The van der Waals surface area contributed by atoms with Crippen LogP contribution in [0.25, 0.3) is 0 Å². The minimum atomic E-state index is -3.04. The molecule has 0 radical (unpaired) electrons. The van der Waals surface area contributed by atoms with Gasteiger partial charge in [-0.3, -0.25) is 9.59 Å². The highest BCUT2D eigenvalue weighted by atomic mass is 32.2. The molecule has 0 aliphatic carbocycles. The summed E-state index contributed by atoms with van der Waals surface area (Å²) in [4.78, 5) is 29.6. The third-order valence-electron chi connectivity index (χ3n) is 4.78. The standard InChI is InChI=1S/C16H22N2O4S2/c1-2-17(10-14-4-3-6-23-14)16(20)12-8-15(19)18(9-12)13-5-7-24(21,22)11-13/h3-4,6,12-13H,2,5,7-11H2,1H3. The van der Waals surface area contributed by atoms with Crippen LogP contribution in [0.15, 0.2) is 17.5 Å². The summed E-state index contributed by atoms with van der Waals surface area (Å²) in [7, 11) is -3.04. The molecular weight excluding hydrogens is 348 g/mol. The lowest BCUT2D eigenvalue weighted by Crippen LogP contribution is -2.40. The van der Waals surface area contributed by atoms with Gasteiger partial charge in [0.15, 0.2) is 9.84 Å². The number of nitrogens with zero attached hydrogens (tertiary/aromatic N) is 2. The average Bonchev–Trinajstić information content (AvgIpc) is 3.24. The van der Waals surface area contributed by atoms with Crippen LogP contribution in [0.5, 0.6) is 0 Å². The Morgan fingerprint density at radius 3 is 2.83 bits per heavy atom. The largest absolute Gasteiger partial charge is 0.338 e. The van der Waals surface area contributed by atoms with E-state index in [4.69, 9.17) is 0 Å². The second-order valence-electron chi connectivity index (χ2n) is 6.44. The first-order valence-electron chi connectivity index (χ1n) is 8.20. The van der Waals surface area contributed by atoms with Gasteiger partial charge >= 0.3 is 0 Å². The molecule has 0 spiro atoms. The maximum Gasteiger partial charge on any atom is 0.228 e. The van der Waals surface area contributed by atoms with Gasteiger partial charge in [-0.05, 0) is 24.8 Å². The molecule has 3 heterocycles. The van der Waals surface area contributed by atoms with Crippen LogP contribution >= 0.6 is 11.3 Å². The van der Waals surface area contributed by atoms with E-state index in [0.29, 0.717) is 26.1 Å². The summed E-state index contributed by atoms with van der Waals surface area (Å²) in [5, 5.41) is 1.98. The van der Waals surface area contributed by atoms with Crippen molar-refractivity contribution in [1.82, 2.24) is 9.80 Å². The highest BCUT2D eigenvalue weighted by Gasteiger charge is 2.42. The number of thiophene rings is 1. The van der Waals surface area contributed by atoms with Crippen molar-refractivity contribution < 1.29 is 18.0 Å². The smallest absolute Gasteiger partial charge is 0.228 e. The number of amides is 2. The third kappa shape index (κ3) is 3.64. The van der Waals surface area contributed by atoms with Gasteiger partial charge in [0.2, 0.25) is 11.8 Å². The van der Waals surface area contributed by atoms with Crippen LogP contribution in [0.1, 0.15) is 24.6 Å². The van der Waals surface area contributed by atoms with Gasteiger partial charge < -0.3 is 9.80 Å². The molecule has 0 N–H and O–H groups in total. The van der Waals surface area contributed by atoms with Gasteiger partial charge in [-0.15, -0.1) is 11.3 Å². The first kappa shape index (κ1) is 17.4. The Morgan fingerprint density at radius 2 is 2.25 bits per heavy atom. The van der Waals surface area contributed by atoms with Gasteiger partial charge in [0.1, 0.15) is 0 Å². The number of carbonyl (C=O) groups is 2. The zero-order valence-electron chi connectivity index (χ0n) is 13.7. The summed E-state index contributed by atoms with van der Waals surface area (Å²) in [6, 6.07) is 3.70. The zero-order valence-corrected chi connectivity index (χ0v) is 15.3. The van der Waals surface area contributed by atoms with Crippen molar-refractivity contribution in [2.24, 2.45) is 5.92 Å². The maximum absolute atomic E-state index is 12.8. The maximum atomic E-state index is 12.8. The molecule has 3 rings (SSSR count). The average molecular weight is 370 g/mol. The summed E-state index contributed by atoms with van der Waals surface area (Å²) >= 11 is 1.61. The SMILES string of the molecule is CCN(Cc1cccs1)C(=O)C1CC(=O)N(C2CCS(=O)(=O)C2)C1. The van der Waals surface area contributed by atoms with Gasteiger partial charge in [0.05, 0.1) is 24.0 Å². The number of sulfone groups is 1. The van der Waals surface area contributed by atoms with Crippen LogP contribution in [0.4, 0.5) is 0 Å². The van der Waals surface area contributed by atoms with E-state index in [1.165, 1.54) is 0 Å². The number of likely N-dealkylation sites (tertiary alicyclic amines) is 1. The quantitative estimate of drug-likeness (QED) is 0.779. The lowest BCUT2D eigenvalue weighted by atomic mass is 10.1. The van der Waals surface area contributed by atoms with E-state index < -0.39 is 9.84 Å². The summed E-state index contributed by atoms with van der Waals surface area (Å²) in [5.74, 6) is -0.294. The fourth-order valence-corrected chi connectivity index (χ4v) is 5.92. The predicted molar refractivity (Wildman–Crippen MR) is 92.3 cm³/mol. The molecule has 0 aromatic carbocycles. The Hall–Kier alpha value is -1.41. The van der Waals surface area contributed by atoms with Gasteiger partial charge in [-0.1, -0.05) is 6.07 Å². The van der Waals surface area contributed by atoms with Gasteiger partial charge in [0, 0.05) is 30.4 Å². The van der Waals surface area contributed by atoms with E-state index >= 15 is 0 Å². The van der Waals surface area contributed by atoms with Crippen LogP contribution in [-0.4, -0.2) is 60.7 Å². The van der Waals surface area contributed by atoms with Crippen molar-refractivity contribution in [2.75, 3.05) is 24.6 Å². The van der Waals surface area contributed by atoms with E-state index in [1.807, 2.05) is 24.4 Å². The Kier molecular flexibility index (Phi) is 4.96. The Bertz CT molecular complexity index is 714. The van der Waals surface area contributed by atoms with E-state index in [-0.39, 0.29) is 41.7 Å². The first-order valence-corrected chi connectivity index (χ1v) is 10.9. The van der Waals surface area contributed by atoms with E-state index in [1.54, 1.807) is 21.1 Å². The van der Waals surface area contributed by atoms with Crippen molar-refractivity contribution in [1.29, 1.82) is 0 Å². The van der Waals surface area contributed by atoms with Crippen LogP contribution in [-0.2, 0) is 26.0 Å². The molecule has 1 aromatic rings. The molecule has 2 amide bonds. The molecule has 2 aliphatic heterocycles. The molecule has 2 unspecified atom stereocenters. The van der Waals surface area contributed by atoms with Crippen LogP contribution in [0, 0.1) is 5.92 Å². The fourth-order valence-electron chi connectivity index (χ4n) is 3.47. The number of rotatable bonds is 5. The summed E-state index contributed by atoms with van der Waals surface area (Å²) in [5.41, 5.74) is 0. The van der Waals surface area contributed by atoms with Crippen LogP contribution < -0.4 is 0 Å². The van der Waals surface area contributed by atoms with Crippen molar-refractivity contribution >= 4 is 33.0 Å². The molecule has 2 atom stereocenters. The Balaban J connectivity index is 1.65. The molecule has 6 nitrogen and oxygen atoms in total. The minimum absolute atomic E-state index is 0.0115. The van der Waals surface area contributed by atoms with E-state index in [9.17, 15) is 18.0 Å². The number of carbonyl (C=O) groups excluding carboxylic acids is 2. The van der Waals surface area contributed by atoms with Gasteiger partial charge in [-0.2, -0.15) is 0 Å². The third-order valence-corrected chi connectivity index (χ3v) is 7.39. The molecule has 24 heavy (non-hydrogen) atoms. The lowest BCUT2D eigenvalue weighted by Gasteiger charge is -2.25. The van der Waals surface area contributed by atoms with Crippen molar-refractivity contribution in [2.45, 2.75) is 32.4 Å². The monoisotopic (exact) mass is 370 g/mol. The molecular formula is C16H22N2O4S2. The van der Waals surface area contributed by atoms with Crippen LogP contribution in [0.3, 0.4) is 0 Å². The highest BCUT2D eigenvalue weighted by Crippen LogP contribution is 2.27. The topological polar surface area (TPSA) is 74.8 Å². The molecule has 2 saturated heterocycles. The van der Waals surface area contributed by atoms with Crippen molar-refractivity contribution in [3.8, 4) is 0 Å². The Morgan fingerprint density at radius 1 is 1.46 bits per heavy atom. The summed E-state index contributed by atoms with van der Waals surface area (Å²) < 4.78 is 23.3. The highest BCUT2D eigenvalue weighted by molar-refractivity contribution is 7.91. The molecule has 0 bridgehead atoms. The van der Waals surface area contributed by atoms with Crippen LogP contribution in [0.2, 0.25) is 0 Å². The minimum Gasteiger partial charge on any atom is -0.338 e. The number of hydrogen-bond donors (Lipinski definition) is 0. The number of hydrogen-bond acceptors (Lipinski definition) is 5.